The maximum Gasteiger partial charge on any atom is 0.125 e. The van der Waals surface area contributed by atoms with Gasteiger partial charge in [-0.3, -0.25) is 4.90 Å². The highest BCUT2D eigenvalue weighted by molar-refractivity contribution is 6.31. The average molecular weight is 297 g/mol. The Morgan fingerprint density at radius 1 is 1.45 bits per heavy atom. The Balaban J connectivity index is 2.28. The summed E-state index contributed by atoms with van der Waals surface area (Å²) in [7, 11) is 3.88. The molecule has 0 radical (unpaired) electrons. The fourth-order valence-electron chi connectivity index (χ4n) is 3.07. The van der Waals surface area contributed by atoms with Crippen LogP contribution in [0.1, 0.15) is 31.9 Å². The molecule has 0 bridgehead atoms. The van der Waals surface area contributed by atoms with Crippen molar-refractivity contribution in [3.05, 3.63) is 28.8 Å². The van der Waals surface area contributed by atoms with Crippen molar-refractivity contribution in [2.75, 3.05) is 27.2 Å². The van der Waals surface area contributed by atoms with Gasteiger partial charge in [0.15, 0.2) is 0 Å². The van der Waals surface area contributed by atoms with Crippen molar-refractivity contribution < 1.29 is 4.74 Å². The zero-order chi connectivity index (χ0) is 14.7. The van der Waals surface area contributed by atoms with Crippen molar-refractivity contribution in [3.8, 4) is 5.75 Å². The smallest absolute Gasteiger partial charge is 0.125 e. The largest absolute Gasteiger partial charge is 0.496 e. The molecule has 1 aliphatic heterocycles. The predicted octanol–water partition coefficient (Wildman–Crippen LogP) is 3.34. The van der Waals surface area contributed by atoms with Gasteiger partial charge in [-0.2, -0.15) is 0 Å². The van der Waals surface area contributed by atoms with Crippen molar-refractivity contribution in [1.82, 2.24) is 10.2 Å². The van der Waals surface area contributed by atoms with Crippen molar-refractivity contribution in [3.63, 3.8) is 0 Å². The second-order valence-corrected chi connectivity index (χ2v) is 6.30. The molecule has 1 fully saturated rings. The molecule has 1 aromatic rings. The zero-order valence-corrected chi connectivity index (χ0v) is 13.6. The molecule has 2 rings (SSSR count). The molecule has 2 atom stereocenters. The number of nitrogens with zero attached hydrogens (tertiary/aromatic N) is 1. The highest BCUT2D eigenvalue weighted by Gasteiger charge is 2.35. The van der Waals surface area contributed by atoms with Gasteiger partial charge in [0, 0.05) is 29.2 Å². The monoisotopic (exact) mass is 296 g/mol. The topological polar surface area (TPSA) is 24.5 Å². The molecule has 1 aliphatic rings. The Hall–Kier alpha value is -0.770. The molecular weight excluding hydrogens is 272 g/mol. The summed E-state index contributed by atoms with van der Waals surface area (Å²) >= 11 is 6.45. The van der Waals surface area contributed by atoms with E-state index in [0.29, 0.717) is 18.0 Å². The first kappa shape index (κ1) is 15.6. The molecule has 3 nitrogen and oxygen atoms in total. The predicted molar refractivity (Wildman–Crippen MR) is 84.6 cm³/mol. The molecule has 2 unspecified atom stereocenters. The summed E-state index contributed by atoms with van der Waals surface area (Å²) < 4.78 is 5.53. The molecule has 0 amide bonds. The molecule has 112 valence electrons. The van der Waals surface area contributed by atoms with Crippen LogP contribution in [0.25, 0.3) is 0 Å². The third-order valence-electron chi connectivity index (χ3n) is 4.09. The molecule has 20 heavy (non-hydrogen) atoms. The summed E-state index contributed by atoms with van der Waals surface area (Å²) in [5, 5.41) is 4.36. The number of methoxy groups -OCH3 is 1. The standard InChI is InChI=1S/C16H25ClN2O/c1-11(2)18-10-12-8-9-19(3)16(12)15-13(17)6-5-7-14(15)20-4/h5-7,11-12,16,18H,8-10H2,1-4H3. The summed E-state index contributed by atoms with van der Waals surface area (Å²) in [5.41, 5.74) is 1.13. The lowest BCUT2D eigenvalue weighted by Crippen LogP contribution is -2.32. The van der Waals surface area contributed by atoms with Gasteiger partial charge in [-0.25, -0.2) is 0 Å². The van der Waals surface area contributed by atoms with Gasteiger partial charge in [0.25, 0.3) is 0 Å². The van der Waals surface area contributed by atoms with E-state index in [9.17, 15) is 0 Å². The average Bonchev–Trinajstić information content (AvgIpc) is 2.77. The highest BCUT2D eigenvalue weighted by Crippen LogP contribution is 2.43. The Bertz CT molecular complexity index is 450. The van der Waals surface area contributed by atoms with Gasteiger partial charge in [0.1, 0.15) is 5.75 Å². The van der Waals surface area contributed by atoms with Gasteiger partial charge in [-0.15, -0.1) is 0 Å². The van der Waals surface area contributed by atoms with E-state index >= 15 is 0 Å². The van der Waals surface area contributed by atoms with Crippen molar-refractivity contribution in [1.29, 1.82) is 0 Å². The van der Waals surface area contributed by atoms with Crippen LogP contribution in [0.3, 0.4) is 0 Å². The molecule has 0 aliphatic carbocycles. The van der Waals surface area contributed by atoms with Crippen LogP contribution in [-0.2, 0) is 0 Å². The second-order valence-electron chi connectivity index (χ2n) is 5.89. The van der Waals surface area contributed by atoms with E-state index in [1.165, 1.54) is 6.42 Å². The van der Waals surface area contributed by atoms with E-state index in [1.54, 1.807) is 7.11 Å². The van der Waals surface area contributed by atoms with Crippen molar-refractivity contribution in [2.45, 2.75) is 32.4 Å². The molecule has 0 aromatic heterocycles. The van der Waals surface area contributed by atoms with E-state index in [2.05, 4.69) is 31.1 Å². The fraction of sp³-hybridized carbons (Fsp3) is 0.625. The number of nitrogens with one attached hydrogen (secondary N) is 1. The van der Waals surface area contributed by atoms with Crippen molar-refractivity contribution >= 4 is 11.6 Å². The number of benzene rings is 1. The van der Waals surface area contributed by atoms with Crippen LogP contribution >= 0.6 is 11.6 Å². The molecule has 1 saturated heterocycles. The summed E-state index contributed by atoms with van der Waals surface area (Å²) in [6.07, 6.45) is 1.19. The summed E-state index contributed by atoms with van der Waals surface area (Å²) in [5.74, 6) is 1.46. The van der Waals surface area contributed by atoms with Crippen LogP contribution < -0.4 is 10.1 Å². The lowest BCUT2D eigenvalue weighted by atomic mass is 9.92. The van der Waals surface area contributed by atoms with E-state index in [0.717, 1.165) is 29.4 Å². The number of ether oxygens (including phenoxy) is 1. The van der Waals surface area contributed by atoms with Crippen LogP contribution in [0.4, 0.5) is 0 Å². The number of halogens is 1. The molecule has 1 heterocycles. The lowest BCUT2D eigenvalue weighted by molar-refractivity contribution is 0.261. The molecule has 4 heteroatoms. The minimum Gasteiger partial charge on any atom is -0.496 e. The summed E-state index contributed by atoms with van der Waals surface area (Å²) in [4.78, 5) is 2.39. The van der Waals surface area contributed by atoms with E-state index in [-0.39, 0.29) is 0 Å². The minimum atomic E-state index is 0.324. The molecule has 1 N–H and O–H groups in total. The number of hydrogen-bond donors (Lipinski definition) is 1. The van der Waals surface area contributed by atoms with Crippen LogP contribution in [0, 0.1) is 5.92 Å². The Morgan fingerprint density at radius 3 is 2.85 bits per heavy atom. The molecule has 0 spiro atoms. The Labute approximate surface area is 127 Å². The zero-order valence-electron chi connectivity index (χ0n) is 12.8. The molecular formula is C16H25ClN2O. The third kappa shape index (κ3) is 3.27. The summed E-state index contributed by atoms with van der Waals surface area (Å²) in [6, 6.07) is 6.74. The third-order valence-corrected chi connectivity index (χ3v) is 4.42. The van der Waals surface area contributed by atoms with Crippen LogP contribution in [0.5, 0.6) is 5.75 Å². The van der Waals surface area contributed by atoms with Gasteiger partial charge in [0.05, 0.1) is 7.11 Å². The quantitative estimate of drug-likeness (QED) is 0.902. The van der Waals surface area contributed by atoms with Gasteiger partial charge in [-0.05, 0) is 38.1 Å². The van der Waals surface area contributed by atoms with E-state index < -0.39 is 0 Å². The van der Waals surface area contributed by atoms with Gasteiger partial charge in [0.2, 0.25) is 0 Å². The Morgan fingerprint density at radius 2 is 2.20 bits per heavy atom. The minimum absolute atomic E-state index is 0.324. The van der Waals surface area contributed by atoms with Crippen LogP contribution in [0.15, 0.2) is 18.2 Å². The first-order valence-corrected chi connectivity index (χ1v) is 7.68. The van der Waals surface area contributed by atoms with Gasteiger partial charge < -0.3 is 10.1 Å². The van der Waals surface area contributed by atoms with Crippen LogP contribution in [0.2, 0.25) is 5.02 Å². The van der Waals surface area contributed by atoms with E-state index in [1.807, 2.05) is 18.2 Å². The summed E-state index contributed by atoms with van der Waals surface area (Å²) in [6.45, 7) is 6.48. The van der Waals surface area contributed by atoms with Crippen LogP contribution in [-0.4, -0.2) is 38.2 Å². The van der Waals surface area contributed by atoms with E-state index in [4.69, 9.17) is 16.3 Å². The van der Waals surface area contributed by atoms with Gasteiger partial charge in [-0.1, -0.05) is 31.5 Å². The lowest BCUT2D eigenvalue weighted by Gasteiger charge is -2.28. The maximum absolute atomic E-state index is 6.45. The fourth-order valence-corrected chi connectivity index (χ4v) is 3.34. The Kier molecular flexibility index (Phi) is 5.30. The number of rotatable bonds is 5. The molecule has 1 aromatic carbocycles. The SMILES string of the molecule is COc1cccc(Cl)c1C1C(CNC(C)C)CCN1C. The van der Waals surface area contributed by atoms with Crippen molar-refractivity contribution in [2.24, 2.45) is 5.92 Å². The number of likely N-dealkylation sites (tertiary alicyclic amines) is 1. The first-order valence-electron chi connectivity index (χ1n) is 7.30. The maximum atomic E-state index is 6.45. The van der Waals surface area contributed by atoms with Gasteiger partial charge >= 0.3 is 0 Å². The normalized spacial score (nSPS) is 23.5. The first-order chi connectivity index (χ1) is 9.54. The highest BCUT2D eigenvalue weighted by atomic mass is 35.5. The molecule has 0 saturated carbocycles. The second kappa shape index (κ2) is 6.79. The number of hydrogen-bond acceptors (Lipinski definition) is 3.